The molecule has 0 aliphatic heterocycles. The lowest BCUT2D eigenvalue weighted by Crippen LogP contribution is -2.17. The number of hydrogen-bond donors (Lipinski definition) is 1. The molecule has 142 valence electrons. The van der Waals surface area contributed by atoms with Gasteiger partial charge in [0.15, 0.2) is 5.65 Å². The molecule has 2 aromatic heterocycles. The van der Waals surface area contributed by atoms with Gasteiger partial charge in [-0.2, -0.15) is 27.3 Å². The predicted molar refractivity (Wildman–Crippen MR) is 90.5 cm³/mol. The summed E-state index contributed by atoms with van der Waals surface area (Å²) < 4.78 is 51.8. The zero-order valence-electron chi connectivity index (χ0n) is 14.2. The van der Waals surface area contributed by atoms with Crippen LogP contribution < -0.4 is 9.46 Å². The number of fused-ring (bicyclic) bond motifs is 1. The standard InChI is InChI=1S/C15H14FN5O5S/c1-3-26-15-17-11(16)8-12-18-14(19-21(12)15)27(23,24)20-10-7-5-4-6-9(10)13(22)25-2/h4-8,20H,3H2,1-2H3. The van der Waals surface area contributed by atoms with E-state index in [4.69, 9.17) is 4.74 Å². The monoisotopic (exact) mass is 395 g/mol. The van der Waals surface area contributed by atoms with Crippen LogP contribution in [-0.2, 0) is 14.8 Å². The Hall–Kier alpha value is -3.28. The second-order valence-corrected chi connectivity index (χ2v) is 6.68. The normalized spacial score (nSPS) is 11.4. The summed E-state index contributed by atoms with van der Waals surface area (Å²) in [6.45, 7) is 1.82. The number of esters is 1. The van der Waals surface area contributed by atoms with E-state index in [0.29, 0.717) is 0 Å². The molecule has 12 heteroatoms. The number of methoxy groups -OCH3 is 1. The van der Waals surface area contributed by atoms with Crippen LogP contribution in [0.15, 0.2) is 35.5 Å². The smallest absolute Gasteiger partial charge is 0.339 e. The van der Waals surface area contributed by atoms with Gasteiger partial charge in [0.1, 0.15) is 0 Å². The summed E-state index contributed by atoms with van der Waals surface area (Å²) >= 11 is 0. The highest BCUT2D eigenvalue weighted by Gasteiger charge is 2.25. The van der Waals surface area contributed by atoms with Crippen LogP contribution in [0.1, 0.15) is 17.3 Å². The van der Waals surface area contributed by atoms with Crippen molar-refractivity contribution >= 4 is 27.3 Å². The molecule has 3 aromatic rings. The predicted octanol–water partition coefficient (Wildman–Crippen LogP) is 1.25. The van der Waals surface area contributed by atoms with Gasteiger partial charge >= 0.3 is 12.0 Å². The Labute approximate surface area is 153 Å². The van der Waals surface area contributed by atoms with E-state index in [0.717, 1.165) is 10.6 Å². The quantitative estimate of drug-likeness (QED) is 0.488. The van der Waals surface area contributed by atoms with E-state index < -0.39 is 27.1 Å². The van der Waals surface area contributed by atoms with Gasteiger partial charge < -0.3 is 9.47 Å². The summed E-state index contributed by atoms with van der Waals surface area (Å²) in [4.78, 5) is 19.1. The molecule has 0 amide bonds. The minimum absolute atomic E-state index is 0.00931. The summed E-state index contributed by atoms with van der Waals surface area (Å²) in [6, 6.07) is 6.54. The van der Waals surface area contributed by atoms with E-state index in [1.807, 2.05) is 0 Å². The number of carbonyl (C=O) groups excluding carboxylic acids is 1. The van der Waals surface area contributed by atoms with Gasteiger partial charge in [0.05, 0.1) is 25.0 Å². The maximum absolute atomic E-state index is 13.6. The van der Waals surface area contributed by atoms with Crippen LogP contribution in [0.5, 0.6) is 6.01 Å². The number of halogens is 1. The largest absolute Gasteiger partial charge is 0.465 e. The molecule has 0 fully saturated rings. The molecule has 0 aliphatic rings. The first kappa shape index (κ1) is 18.5. The SMILES string of the molecule is CCOc1nc(F)cc2nc(S(=O)(=O)Nc3ccccc3C(=O)OC)nn12. The van der Waals surface area contributed by atoms with Crippen LogP contribution in [0.3, 0.4) is 0 Å². The van der Waals surface area contributed by atoms with Gasteiger partial charge in [-0.25, -0.2) is 4.79 Å². The van der Waals surface area contributed by atoms with Crippen molar-refractivity contribution in [2.75, 3.05) is 18.4 Å². The van der Waals surface area contributed by atoms with Gasteiger partial charge in [0, 0.05) is 6.07 Å². The lowest BCUT2D eigenvalue weighted by Gasteiger charge is -2.09. The summed E-state index contributed by atoms with van der Waals surface area (Å²) in [5, 5.41) is 3.18. The number of aromatic nitrogens is 4. The fourth-order valence-corrected chi connectivity index (χ4v) is 3.16. The molecule has 0 unspecified atom stereocenters. The molecule has 27 heavy (non-hydrogen) atoms. The summed E-state index contributed by atoms with van der Waals surface area (Å²) in [7, 11) is -3.12. The highest BCUT2D eigenvalue weighted by molar-refractivity contribution is 7.92. The van der Waals surface area contributed by atoms with Crippen LogP contribution in [0, 0.1) is 5.95 Å². The average molecular weight is 395 g/mol. The van der Waals surface area contributed by atoms with Crippen molar-refractivity contribution in [1.82, 2.24) is 19.6 Å². The van der Waals surface area contributed by atoms with Crippen molar-refractivity contribution in [3.63, 3.8) is 0 Å². The highest BCUT2D eigenvalue weighted by atomic mass is 32.2. The number of ether oxygens (including phenoxy) is 2. The first-order chi connectivity index (χ1) is 12.9. The molecule has 3 rings (SSSR count). The number of carbonyl (C=O) groups is 1. The number of nitrogens with zero attached hydrogens (tertiary/aromatic N) is 4. The Morgan fingerprint density at radius 3 is 2.74 bits per heavy atom. The molecule has 1 N–H and O–H groups in total. The Balaban J connectivity index is 2.04. The maximum Gasteiger partial charge on any atom is 0.339 e. The Bertz CT molecular complexity index is 1110. The third-order valence-corrected chi connectivity index (χ3v) is 4.48. The number of benzene rings is 1. The molecule has 10 nitrogen and oxygen atoms in total. The first-order valence-electron chi connectivity index (χ1n) is 7.62. The maximum atomic E-state index is 13.6. The topological polar surface area (TPSA) is 125 Å². The molecule has 0 saturated heterocycles. The van der Waals surface area contributed by atoms with Crippen molar-refractivity contribution < 1.29 is 27.1 Å². The zero-order chi connectivity index (χ0) is 19.6. The number of anilines is 1. The summed E-state index contributed by atoms with van der Waals surface area (Å²) in [5.41, 5.74) is -0.111. The van der Waals surface area contributed by atoms with E-state index in [1.54, 1.807) is 13.0 Å². The third kappa shape index (κ3) is 3.65. The first-order valence-corrected chi connectivity index (χ1v) is 9.10. The molecular weight excluding hydrogens is 381 g/mol. The summed E-state index contributed by atoms with van der Waals surface area (Å²) in [6.07, 6.45) is 0. The van der Waals surface area contributed by atoms with Gasteiger partial charge in [-0.15, -0.1) is 5.10 Å². The molecule has 0 saturated carbocycles. The van der Waals surface area contributed by atoms with Crippen molar-refractivity contribution in [2.24, 2.45) is 0 Å². The van der Waals surface area contributed by atoms with Crippen LogP contribution in [0.25, 0.3) is 5.65 Å². The number of rotatable bonds is 6. The van der Waals surface area contributed by atoms with Crippen LogP contribution in [0.4, 0.5) is 10.1 Å². The van der Waals surface area contributed by atoms with E-state index >= 15 is 0 Å². The van der Waals surface area contributed by atoms with Crippen LogP contribution >= 0.6 is 0 Å². The Kier molecular flexibility index (Phi) is 4.90. The molecule has 1 aromatic carbocycles. The third-order valence-electron chi connectivity index (χ3n) is 3.34. The van der Waals surface area contributed by atoms with Crippen molar-refractivity contribution in [3.8, 4) is 6.01 Å². The number of nitrogens with one attached hydrogen (secondary N) is 1. The van der Waals surface area contributed by atoms with E-state index in [1.165, 1.54) is 25.3 Å². The van der Waals surface area contributed by atoms with Crippen LogP contribution in [-0.4, -0.2) is 47.7 Å². The second kappa shape index (κ2) is 7.15. The van der Waals surface area contributed by atoms with Crippen molar-refractivity contribution in [1.29, 1.82) is 0 Å². The number of sulfonamides is 1. The van der Waals surface area contributed by atoms with E-state index in [-0.39, 0.29) is 29.5 Å². The van der Waals surface area contributed by atoms with Gasteiger partial charge in [0.2, 0.25) is 5.95 Å². The average Bonchev–Trinajstić information content (AvgIpc) is 3.06. The lowest BCUT2D eigenvalue weighted by molar-refractivity contribution is 0.0602. The van der Waals surface area contributed by atoms with Gasteiger partial charge in [-0.3, -0.25) is 4.72 Å². The summed E-state index contributed by atoms with van der Waals surface area (Å²) in [5.74, 6) is -1.62. The highest BCUT2D eigenvalue weighted by Crippen LogP contribution is 2.21. The van der Waals surface area contributed by atoms with E-state index in [2.05, 4.69) is 24.5 Å². The van der Waals surface area contributed by atoms with Gasteiger partial charge in [0.25, 0.3) is 15.2 Å². The second-order valence-electron chi connectivity index (χ2n) is 5.10. The molecule has 0 atom stereocenters. The Morgan fingerprint density at radius 1 is 1.30 bits per heavy atom. The minimum Gasteiger partial charge on any atom is -0.465 e. The Morgan fingerprint density at radius 2 is 2.04 bits per heavy atom. The molecule has 0 bridgehead atoms. The molecule has 0 radical (unpaired) electrons. The number of para-hydroxylation sites is 1. The fourth-order valence-electron chi connectivity index (χ4n) is 2.20. The van der Waals surface area contributed by atoms with Crippen molar-refractivity contribution in [2.45, 2.75) is 12.1 Å². The van der Waals surface area contributed by atoms with Gasteiger partial charge in [-0.1, -0.05) is 12.1 Å². The van der Waals surface area contributed by atoms with E-state index in [9.17, 15) is 17.6 Å². The van der Waals surface area contributed by atoms with Gasteiger partial charge in [-0.05, 0) is 19.1 Å². The van der Waals surface area contributed by atoms with Crippen molar-refractivity contribution in [3.05, 3.63) is 41.8 Å². The molecule has 0 spiro atoms. The number of hydrogen-bond acceptors (Lipinski definition) is 8. The molecule has 2 heterocycles. The fraction of sp³-hybridized carbons (Fsp3) is 0.200. The molecule has 0 aliphatic carbocycles. The molecular formula is C15H14FN5O5S. The lowest BCUT2D eigenvalue weighted by atomic mass is 10.2. The minimum atomic E-state index is -4.29. The van der Waals surface area contributed by atoms with Crippen LogP contribution in [0.2, 0.25) is 0 Å². The zero-order valence-corrected chi connectivity index (χ0v) is 15.0.